The number of rotatable bonds is 16. The molecule has 0 fully saturated rings. The van der Waals surface area contributed by atoms with Crippen molar-refractivity contribution in [1.82, 2.24) is 15.2 Å². The number of hydrogen-bond donors (Lipinski definition) is 1. The Balaban J connectivity index is 1.68. The molecular formula is C19H37N3. The van der Waals surface area contributed by atoms with E-state index in [0.29, 0.717) is 0 Å². The summed E-state index contributed by atoms with van der Waals surface area (Å²) in [4.78, 5) is 4.15. The van der Waals surface area contributed by atoms with Gasteiger partial charge in [-0.3, -0.25) is 5.10 Å². The Labute approximate surface area is 137 Å². The molecule has 1 heterocycles. The highest BCUT2D eigenvalue weighted by atomic mass is 15.2. The van der Waals surface area contributed by atoms with Gasteiger partial charge in [-0.15, -0.1) is 0 Å². The first-order chi connectivity index (χ1) is 10.9. The molecule has 1 aromatic rings. The van der Waals surface area contributed by atoms with Gasteiger partial charge in [0.25, 0.3) is 0 Å². The fourth-order valence-corrected chi connectivity index (χ4v) is 3.02. The summed E-state index contributed by atoms with van der Waals surface area (Å²) in [6.45, 7) is 2.29. The van der Waals surface area contributed by atoms with Crippen molar-refractivity contribution >= 4 is 0 Å². The number of nitrogens with one attached hydrogen (secondary N) is 1. The molecular weight excluding hydrogens is 270 g/mol. The third-order valence-corrected chi connectivity index (χ3v) is 4.48. The van der Waals surface area contributed by atoms with E-state index in [1.54, 1.807) is 6.33 Å². The topological polar surface area (TPSA) is 41.6 Å². The average molecular weight is 308 g/mol. The van der Waals surface area contributed by atoms with Gasteiger partial charge in [0.15, 0.2) is 0 Å². The van der Waals surface area contributed by atoms with Crippen LogP contribution in [-0.2, 0) is 6.42 Å². The van der Waals surface area contributed by atoms with Gasteiger partial charge in [-0.05, 0) is 6.42 Å². The fraction of sp³-hybridized carbons (Fsp3) is 0.895. The normalized spacial score (nSPS) is 11.1. The van der Waals surface area contributed by atoms with Crippen molar-refractivity contribution in [3.63, 3.8) is 0 Å². The molecule has 0 aromatic carbocycles. The second-order valence-electron chi connectivity index (χ2n) is 6.63. The summed E-state index contributed by atoms with van der Waals surface area (Å²) in [6, 6.07) is 0. The minimum atomic E-state index is 1.04. The highest BCUT2D eigenvalue weighted by molar-refractivity contribution is 4.79. The second kappa shape index (κ2) is 15.1. The van der Waals surface area contributed by atoms with E-state index in [9.17, 15) is 0 Å². The average Bonchev–Trinajstić information content (AvgIpc) is 3.04. The summed E-state index contributed by atoms with van der Waals surface area (Å²) in [5.74, 6) is 1.04. The maximum atomic E-state index is 4.15. The Morgan fingerprint density at radius 1 is 0.682 bits per heavy atom. The lowest BCUT2D eigenvalue weighted by Crippen LogP contribution is -1.89. The number of H-pyrrole nitrogens is 1. The Morgan fingerprint density at radius 3 is 1.55 bits per heavy atom. The van der Waals surface area contributed by atoms with Crippen LogP contribution in [0.25, 0.3) is 0 Å². The van der Waals surface area contributed by atoms with Gasteiger partial charge >= 0.3 is 0 Å². The molecule has 0 atom stereocenters. The molecule has 0 amide bonds. The van der Waals surface area contributed by atoms with Gasteiger partial charge in [0.05, 0.1) is 0 Å². The summed E-state index contributed by atoms with van der Waals surface area (Å²) < 4.78 is 0. The Hall–Kier alpha value is -0.860. The smallest absolute Gasteiger partial charge is 0.137 e. The quantitative estimate of drug-likeness (QED) is 0.368. The monoisotopic (exact) mass is 307 g/mol. The van der Waals surface area contributed by atoms with Crippen molar-refractivity contribution in [2.45, 2.75) is 110 Å². The van der Waals surface area contributed by atoms with Gasteiger partial charge in [-0.2, -0.15) is 5.10 Å². The van der Waals surface area contributed by atoms with Crippen LogP contribution in [0.3, 0.4) is 0 Å². The first-order valence-electron chi connectivity index (χ1n) is 9.77. The molecule has 0 spiro atoms. The van der Waals surface area contributed by atoms with Gasteiger partial charge in [-0.1, -0.05) is 96.8 Å². The summed E-state index contributed by atoms with van der Waals surface area (Å²) in [6.07, 6.45) is 23.9. The van der Waals surface area contributed by atoms with E-state index in [4.69, 9.17) is 0 Å². The van der Waals surface area contributed by atoms with Gasteiger partial charge in [0.2, 0.25) is 0 Å². The van der Waals surface area contributed by atoms with Gasteiger partial charge in [0.1, 0.15) is 12.2 Å². The molecule has 0 aliphatic heterocycles. The van der Waals surface area contributed by atoms with Crippen LogP contribution in [0.5, 0.6) is 0 Å². The Bertz CT molecular complexity index is 308. The van der Waals surface area contributed by atoms with E-state index in [2.05, 4.69) is 22.1 Å². The molecule has 1 rings (SSSR count). The summed E-state index contributed by atoms with van der Waals surface area (Å²) in [7, 11) is 0. The maximum absolute atomic E-state index is 4.15. The molecule has 3 nitrogen and oxygen atoms in total. The van der Waals surface area contributed by atoms with Crippen molar-refractivity contribution < 1.29 is 0 Å². The number of aromatic nitrogens is 3. The molecule has 0 bridgehead atoms. The zero-order valence-electron chi connectivity index (χ0n) is 14.8. The van der Waals surface area contributed by atoms with E-state index in [0.717, 1.165) is 12.2 Å². The van der Waals surface area contributed by atoms with Crippen LogP contribution in [-0.4, -0.2) is 15.2 Å². The highest BCUT2D eigenvalue weighted by Gasteiger charge is 1.96. The molecule has 128 valence electrons. The van der Waals surface area contributed by atoms with Crippen LogP contribution in [0.4, 0.5) is 0 Å². The largest absolute Gasteiger partial charge is 0.263 e. The van der Waals surface area contributed by atoms with Crippen LogP contribution >= 0.6 is 0 Å². The first-order valence-corrected chi connectivity index (χ1v) is 9.77. The maximum Gasteiger partial charge on any atom is 0.137 e. The fourth-order valence-electron chi connectivity index (χ4n) is 3.02. The molecule has 1 aromatic heterocycles. The minimum absolute atomic E-state index is 1.04. The lowest BCUT2D eigenvalue weighted by Gasteiger charge is -2.03. The summed E-state index contributed by atoms with van der Waals surface area (Å²) >= 11 is 0. The number of hydrogen-bond acceptors (Lipinski definition) is 2. The predicted octanol–water partition coefficient (Wildman–Crippen LogP) is 6.22. The van der Waals surface area contributed by atoms with Gasteiger partial charge < -0.3 is 0 Å². The second-order valence-corrected chi connectivity index (χ2v) is 6.63. The van der Waals surface area contributed by atoms with Gasteiger partial charge in [0, 0.05) is 6.42 Å². The zero-order chi connectivity index (χ0) is 15.7. The molecule has 22 heavy (non-hydrogen) atoms. The van der Waals surface area contributed by atoms with Crippen molar-refractivity contribution in [2.75, 3.05) is 0 Å². The van der Waals surface area contributed by atoms with Crippen LogP contribution < -0.4 is 0 Å². The van der Waals surface area contributed by atoms with Crippen LogP contribution in [0.15, 0.2) is 6.33 Å². The van der Waals surface area contributed by atoms with Crippen molar-refractivity contribution in [1.29, 1.82) is 0 Å². The summed E-state index contributed by atoms with van der Waals surface area (Å²) in [5, 5.41) is 6.80. The molecule has 0 saturated heterocycles. The molecule has 0 radical (unpaired) electrons. The third-order valence-electron chi connectivity index (χ3n) is 4.48. The number of unbranched alkanes of at least 4 members (excludes halogenated alkanes) is 14. The van der Waals surface area contributed by atoms with Crippen molar-refractivity contribution in [2.24, 2.45) is 0 Å². The molecule has 3 heteroatoms. The van der Waals surface area contributed by atoms with E-state index in [1.165, 1.54) is 96.3 Å². The third kappa shape index (κ3) is 11.8. The number of nitrogens with zero attached hydrogens (tertiary/aromatic N) is 2. The first kappa shape index (κ1) is 19.2. The van der Waals surface area contributed by atoms with Crippen LogP contribution in [0, 0.1) is 0 Å². The lowest BCUT2D eigenvalue weighted by molar-refractivity contribution is 0.531. The number of aromatic amines is 1. The van der Waals surface area contributed by atoms with Gasteiger partial charge in [-0.25, -0.2) is 4.98 Å². The molecule has 0 saturated carbocycles. The zero-order valence-corrected chi connectivity index (χ0v) is 14.8. The number of aryl methyl sites for hydroxylation is 1. The Morgan fingerprint density at radius 2 is 1.14 bits per heavy atom. The van der Waals surface area contributed by atoms with E-state index >= 15 is 0 Å². The predicted molar refractivity (Wildman–Crippen MR) is 95.0 cm³/mol. The Kier molecular flexibility index (Phi) is 13.1. The summed E-state index contributed by atoms with van der Waals surface area (Å²) in [5.41, 5.74) is 0. The minimum Gasteiger partial charge on any atom is -0.263 e. The van der Waals surface area contributed by atoms with Crippen molar-refractivity contribution in [3.8, 4) is 0 Å². The van der Waals surface area contributed by atoms with Crippen molar-refractivity contribution in [3.05, 3.63) is 12.2 Å². The van der Waals surface area contributed by atoms with E-state index in [-0.39, 0.29) is 0 Å². The SMILES string of the molecule is CCCCCCCCCCCCCCCCCc1ncn[nH]1. The standard InChI is InChI=1S/C19H37N3/c1-2-3-4-5-6-7-8-9-10-11-12-13-14-15-16-17-19-20-18-21-22-19/h18H,2-17H2,1H3,(H,20,21,22). The highest BCUT2D eigenvalue weighted by Crippen LogP contribution is 2.13. The molecule has 1 N–H and O–H groups in total. The molecule has 0 unspecified atom stereocenters. The van der Waals surface area contributed by atoms with E-state index in [1.807, 2.05) is 0 Å². The molecule has 0 aliphatic carbocycles. The van der Waals surface area contributed by atoms with Crippen LogP contribution in [0.2, 0.25) is 0 Å². The van der Waals surface area contributed by atoms with E-state index < -0.39 is 0 Å². The molecule has 0 aliphatic rings. The van der Waals surface area contributed by atoms with Crippen LogP contribution in [0.1, 0.15) is 109 Å². The lowest BCUT2D eigenvalue weighted by atomic mass is 10.0.